The predicted octanol–water partition coefficient (Wildman–Crippen LogP) is 3.98. The second-order valence-corrected chi connectivity index (χ2v) is 7.77. The molecule has 0 saturated carbocycles. The van der Waals surface area contributed by atoms with Gasteiger partial charge in [-0.15, -0.1) is 0 Å². The van der Waals surface area contributed by atoms with Crippen LogP contribution in [0, 0.1) is 18.6 Å². The smallest absolute Gasteiger partial charge is 0.216 e. The molecule has 26 heavy (non-hydrogen) atoms. The first-order valence-electron chi connectivity index (χ1n) is 8.57. The molecule has 2 aromatic heterocycles. The van der Waals surface area contributed by atoms with E-state index in [1.807, 2.05) is 36.0 Å². The Morgan fingerprint density at radius 1 is 1.19 bits per heavy atom. The van der Waals surface area contributed by atoms with Crippen LogP contribution in [0.4, 0.5) is 0 Å². The van der Waals surface area contributed by atoms with Crippen molar-refractivity contribution in [1.82, 2.24) is 24.7 Å². The highest BCUT2D eigenvalue weighted by atomic mass is 32.1. The highest BCUT2D eigenvalue weighted by molar-refractivity contribution is 7.71. The van der Waals surface area contributed by atoms with Crippen LogP contribution < -0.4 is 0 Å². The third kappa shape index (κ3) is 3.67. The van der Waals surface area contributed by atoms with E-state index in [2.05, 4.69) is 60.2 Å². The normalized spacial score (nSPS) is 12.2. The van der Waals surface area contributed by atoms with Crippen molar-refractivity contribution < 1.29 is 0 Å². The lowest BCUT2D eigenvalue weighted by atomic mass is 9.96. The van der Waals surface area contributed by atoms with Gasteiger partial charge in [0.15, 0.2) is 5.82 Å². The van der Waals surface area contributed by atoms with E-state index in [9.17, 15) is 0 Å². The molecule has 7 heteroatoms. The number of nitrogens with zero attached hydrogens (tertiary/aromatic N) is 5. The summed E-state index contributed by atoms with van der Waals surface area (Å²) in [7, 11) is 0. The van der Waals surface area contributed by atoms with Gasteiger partial charge in [-0.05, 0) is 31.6 Å². The van der Waals surface area contributed by atoms with Gasteiger partial charge >= 0.3 is 0 Å². The van der Waals surface area contributed by atoms with E-state index in [4.69, 9.17) is 12.2 Å². The van der Waals surface area contributed by atoms with E-state index in [0.29, 0.717) is 4.77 Å². The van der Waals surface area contributed by atoms with E-state index < -0.39 is 0 Å². The van der Waals surface area contributed by atoms with Crippen LogP contribution in [0.25, 0.3) is 0 Å². The van der Waals surface area contributed by atoms with Crippen molar-refractivity contribution in [2.45, 2.75) is 46.6 Å². The van der Waals surface area contributed by atoms with Crippen LogP contribution in [0.3, 0.4) is 0 Å². The molecule has 0 aliphatic carbocycles. The molecule has 1 N–H and O–H groups in total. The monoisotopic (exact) mass is 368 g/mol. The second kappa shape index (κ2) is 6.99. The summed E-state index contributed by atoms with van der Waals surface area (Å²) in [5, 5.41) is 16.4. The first kappa shape index (κ1) is 18.3. The van der Waals surface area contributed by atoms with E-state index in [1.54, 1.807) is 4.68 Å². The minimum absolute atomic E-state index is 0.160. The highest BCUT2D eigenvalue weighted by Gasteiger charge is 2.21. The van der Waals surface area contributed by atoms with E-state index >= 15 is 0 Å². The van der Waals surface area contributed by atoms with Crippen LogP contribution >= 0.6 is 12.2 Å². The van der Waals surface area contributed by atoms with Crippen molar-refractivity contribution in [3.8, 4) is 0 Å². The summed E-state index contributed by atoms with van der Waals surface area (Å²) < 4.78 is 4.17. The zero-order valence-electron chi connectivity index (χ0n) is 15.8. The van der Waals surface area contributed by atoms with Crippen LogP contribution in [0.2, 0.25) is 0 Å². The fraction of sp³-hybridized carbons (Fsp3) is 0.368. The molecular weight excluding hydrogens is 344 g/mol. The molecule has 0 saturated heterocycles. The number of aromatic amines is 1. The molecule has 1 aromatic carbocycles. The fourth-order valence-electron chi connectivity index (χ4n) is 2.81. The quantitative estimate of drug-likeness (QED) is 0.559. The van der Waals surface area contributed by atoms with Crippen LogP contribution in [0.15, 0.2) is 35.4 Å². The van der Waals surface area contributed by atoms with Crippen molar-refractivity contribution >= 4 is 18.4 Å². The van der Waals surface area contributed by atoms with Crippen molar-refractivity contribution in [2.24, 2.45) is 5.10 Å². The SMILES string of the molecule is Cc1nn(Cc2ccccc2)c(C)c1/C=N\n1c(C(C)(C)C)n[nH]c1=S. The highest BCUT2D eigenvalue weighted by Crippen LogP contribution is 2.20. The maximum absolute atomic E-state index is 5.33. The van der Waals surface area contributed by atoms with Gasteiger partial charge in [0.2, 0.25) is 4.77 Å². The molecule has 3 rings (SSSR count). The number of hydrogen-bond donors (Lipinski definition) is 1. The van der Waals surface area contributed by atoms with Crippen molar-refractivity contribution in [3.63, 3.8) is 0 Å². The molecule has 0 fully saturated rings. The molecule has 0 radical (unpaired) electrons. The van der Waals surface area contributed by atoms with Gasteiger partial charge in [-0.3, -0.25) is 9.78 Å². The minimum atomic E-state index is -0.160. The average molecular weight is 369 g/mol. The Labute approximate surface area is 158 Å². The summed E-state index contributed by atoms with van der Waals surface area (Å²) in [6, 6.07) is 10.3. The van der Waals surface area contributed by atoms with E-state index in [-0.39, 0.29) is 5.41 Å². The van der Waals surface area contributed by atoms with Gasteiger partial charge < -0.3 is 0 Å². The molecule has 0 aliphatic heterocycles. The van der Waals surface area contributed by atoms with Gasteiger partial charge in [-0.1, -0.05) is 51.1 Å². The van der Waals surface area contributed by atoms with Crippen LogP contribution in [0.5, 0.6) is 0 Å². The molecule has 2 heterocycles. The van der Waals surface area contributed by atoms with Crippen molar-refractivity contribution in [2.75, 3.05) is 0 Å². The summed E-state index contributed by atoms with van der Waals surface area (Å²) in [5.41, 5.74) is 4.07. The topological polar surface area (TPSA) is 63.8 Å². The van der Waals surface area contributed by atoms with Gasteiger partial charge in [-0.25, -0.2) is 0 Å². The van der Waals surface area contributed by atoms with Gasteiger partial charge in [0.25, 0.3) is 0 Å². The van der Waals surface area contributed by atoms with Crippen LogP contribution in [-0.2, 0) is 12.0 Å². The maximum atomic E-state index is 5.33. The lowest BCUT2D eigenvalue weighted by Crippen LogP contribution is -2.17. The minimum Gasteiger partial charge on any atom is -0.265 e. The van der Waals surface area contributed by atoms with Crippen molar-refractivity contribution in [1.29, 1.82) is 0 Å². The molecular formula is C19H24N6S. The number of rotatable bonds is 4. The molecule has 0 amide bonds. The third-order valence-electron chi connectivity index (χ3n) is 4.24. The lowest BCUT2D eigenvalue weighted by Gasteiger charge is -2.15. The molecule has 0 aliphatic rings. The Kier molecular flexibility index (Phi) is 4.91. The van der Waals surface area contributed by atoms with E-state index in [1.165, 1.54) is 5.56 Å². The Balaban J connectivity index is 1.93. The molecule has 0 atom stereocenters. The molecule has 6 nitrogen and oxygen atoms in total. The zero-order valence-corrected chi connectivity index (χ0v) is 16.6. The maximum Gasteiger partial charge on any atom is 0.216 e. The molecule has 0 bridgehead atoms. The Hall–Kier alpha value is -2.54. The number of hydrogen-bond acceptors (Lipinski definition) is 4. The Bertz CT molecular complexity index is 985. The fourth-order valence-corrected chi connectivity index (χ4v) is 2.99. The van der Waals surface area contributed by atoms with Crippen LogP contribution in [-0.4, -0.2) is 30.9 Å². The van der Waals surface area contributed by atoms with Crippen molar-refractivity contribution in [3.05, 3.63) is 63.4 Å². The average Bonchev–Trinajstić information content (AvgIpc) is 3.07. The number of aromatic nitrogens is 5. The number of nitrogens with one attached hydrogen (secondary N) is 1. The molecule has 3 aromatic rings. The van der Waals surface area contributed by atoms with Gasteiger partial charge in [0.05, 0.1) is 18.5 Å². The molecule has 0 unspecified atom stereocenters. The summed E-state index contributed by atoms with van der Waals surface area (Å²) in [4.78, 5) is 0. The first-order valence-corrected chi connectivity index (χ1v) is 8.98. The Morgan fingerprint density at radius 3 is 2.54 bits per heavy atom. The third-order valence-corrected chi connectivity index (χ3v) is 4.50. The zero-order chi connectivity index (χ0) is 18.9. The largest absolute Gasteiger partial charge is 0.265 e. The predicted molar refractivity (Wildman–Crippen MR) is 106 cm³/mol. The first-order chi connectivity index (χ1) is 12.3. The summed E-state index contributed by atoms with van der Waals surface area (Å²) in [5.74, 6) is 0.797. The summed E-state index contributed by atoms with van der Waals surface area (Å²) in [6.45, 7) is 11.0. The lowest BCUT2D eigenvalue weighted by molar-refractivity contribution is 0.516. The van der Waals surface area contributed by atoms with Crippen LogP contribution in [0.1, 0.15) is 49.1 Å². The van der Waals surface area contributed by atoms with Gasteiger partial charge in [0, 0.05) is 16.7 Å². The summed E-state index contributed by atoms with van der Waals surface area (Å²) >= 11 is 5.33. The summed E-state index contributed by atoms with van der Waals surface area (Å²) in [6.07, 6.45) is 1.82. The van der Waals surface area contributed by atoms with Gasteiger partial charge in [0.1, 0.15) is 0 Å². The van der Waals surface area contributed by atoms with Gasteiger partial charge in [-0.2, -0.15) is 20.0 Å². The van der Waals surface area contributed by atoms with E-state index in [0.717, 1.165) is 29.3 Å². The number of aryl methyl sites for hydroxylation is 1. The number of H-pyrrole nitrogens is 1. The molecule has 0 spiro atoms. The Morgan fingerprint density at radius 2 is 1.88 bits per heavy atom. The molecule has 136 valence electrons. The second-order valence-electron chi connectivity index (χ2n) is 7.39. The standard InChI is InChI=1S/C19H24N6S/c1-13-16(11-20-25-17(19(3,4)5)21-22-18(25)26)14(2)24(23-13)12-15-9-7-6-8-10-15/h6-11H,12H2,1-5H3,(H,22,26)/b20-11-. The number of benzene rings is 1.